The van der Waals surface area contributed by atoms with Gasteiger partial charge in [0.2, 0.25) is 5.95 Å². The summed E-state index contributed by atoms with van der Waals surface area (Å²) in [7, 11) is 4.35. The lowest BCUT2D eigenvalue weighted by Gasteiger charge is -2.35. The van der Waals surface area contributed by atoms with Gasteiger partial charge in [0, 0.05) is 83.1 Å². The molecule has 0 radical (unpaired) electrons. The number of anilines is 3. The molecule has 0 unspecified atom stereocenters. The van der Waals surface area contributed by atoms with Crippen molar-refractivity contribution in [2.24, 2.45) is 0 Å². The SMILES string of the molecule is CN1CCCN(C)c2ccc(cn2)-c2ccnc(n2)Nc2cccc(c2)CN2CCN(CC1)CC2. The van der Waals surface area contributed by atoms with Gasteiger partial charge in [-0.05, 0) is 55.9 Å². The van der Waals surface area contributed by atoms with Crippen molar-refractivity contribution < 1.29 is 0 Å². The van der Waals surface area contributed by atoms with E-state index in [2.05, 4.69) is 80.4 Å². The second-order valence-corrected chi connectivity index (χ2v) is 9.69. The summed E-state index contributed by atoms with van der Waals surface area (Å²) in [5, 5.41) is 3.39. The number of nitrogens with one attached hydrogen (secondary N) is 1. The number of rotatable bonds is 0. The van der Waals surface area contributed by atoms with Crippen molar-refractivity contribution in [1.82, 2.24) is 29.7 Å². The summed E-state index contributed by atoms with van der Waals surface area (Å²) in [6.45, 7) is 9.79. The standard InChI is InChI=1S/C27H36N8/c1-32-11-4-12-33(2)26-8-7-23(20-29-26)25-9-10-28-27(31-25)30-24-6-3-5-22(19-24)21-35-17-15-34(14-13-32)16-18-35/h3,5-10,19-20H,4,11-18,21H2,1-2H3,(H,28,30,31). The number of pyridine rings is 1. The first-order chi connectivity index (χ1) is 17.1. The first-order valence-electron chi connectivity index (χ1n) is 12.6. The van der Waals surface area contributed by atoms with Crippen LogP contribution in [0.4, 0.5) is 17.5 Å². The van der Waals surface area contributed by atoms with Gasteiger partial charge in [-0.2, -0.15) is 0 Å². The second-order valence-electron chi connectivity index (χ2n) is 9.69. The molecule has 0 spiro atoms. The molecule has 8 heteroatoms. The number of hydrogen-bond donors (Lipinski definition) is 1. The van der Waals surface area contributed by atoms with Gasteiger partial charge in [-0.3, -0.25) is 9.80 Å². The Balaban J connectivity index is 1.37. The van der Waals surface area contributed by atoms with Crippen molar-refractivity contribution in [3.05, 3.63) is 60.4 Å². The lowest BCUT2D eigenvalue weighted by molar-refractivity contribution is 0.118. The maximum absolute atomic E-state index is 4.75. The van der Waals surface area contributed by atoms with Crippen LogP contribution in [0.5, 0.6) is 0 Å². The fourth-order valence-electron chi connectivity index (χ4n) is 4.77. The van der Waals surface area contributed by atoms with Crippen LogP contribution in [0.2, 0.25) is 0 Å². The van der Waals surface area contributed by atoms with Gasteiger partial charge in [-0.15, -0.1) is 0 Å². The molecule has 8 nitrogen and oxygen atoms in total. The van der Waals surface area contributed by atoms with Crippen molar-refractivity contribution in [3.63, 3.8) is 0 Å². The number of nitrogens with zero attached hydrogens (tertiary/aromatic N) is 7. The molecular weight excluding hydrogens is 436 g/mol. The molecule has 1 fully saturated rings. The minimum Gasteiger partial charge on any atom is -0.360 e. The summed E-state index contributed by atoms with van der Waals surface area (Å²) >= 11 is 0. The molecule has 8 bridgehead atoms. The maximum atomic E-state index is 4.75. The van der Waals surface area contributed by atoms with Gasteiger partial charge in [0.1, 0.15) is 5.82 Å². The first kappa shape index (κ1) is 23.7. The molecule has 5 aliphatic rings. The van der Waals surface area contributed by atoms with Gasteiger partial charge in [0.15, 0.2) is 0 Å². The molecule has 0 aliphatic carbocycles. The number of piperazine rings is 1. The highest BCUT2D eigenvalue weighted by molar-refractivity contribution is 5.62. The summed E-state index contributed by atoms with van der Waals surface area (Å²) in [5.41, 5.74) is 4.16. The number of benzene rings is 1. The largest absolute Gasteiger partial charge is 0.360 e. The molecule has 1 N–H and O–H groups in total. The molecule has 35 heavy (non-hydrogen) atoms. The van der Waals surface area contributed by atoms with Crippen LogP contribution >= 0.6 is 0 Å². The van der Waals surface area contributed by atoms with Gasteiger partial charge in [-0.25, -0.2) is 15.0 Å². The van der Waals surface area contributed by atoms with Gasteiger partial charge in [-0.1, -0.05) is 12.1 Å². The quantitative estimate of drug-likeness (QED) is 0.535. The minimum atomic E-state index is 0.594. The molecular formula is C27H36N8. The predicted octanol–water partition coefficient (Wildman–Crippen LogP) is 3.17. The highest BCUT2D eigenvalue weighted by Crippen LogP contribution is 2.22. The average Bonchev–Trinajstić information content (AvgIpc) is 2.88. The Morgan fingerprint density at radius 1 is 0.800 bits per heavy atom. The van der Waals surface area contributed by atoms with E-state index in [0.29, 0.717) is 5.95 Å². The average molecular weight is 473 g/mol. The van der Waals surface area contributed by atoms with Crippen molar-refractivity contribution in [2.75, 3.05) is 76.7 Å². The molecule has 0 saturated carbocycles. The van der Waals surface area contributed by atoms with Gasteiger partial charge in [0.25, 0.3) is 0 Å². The first-order valence-corrected chi connectivity index (χ1v) is 12.6. The van der Waals surface area contributed by atoms with Crippen LogP contribution < -0.4 is 10.2 Å². The fraction of sp³-hybridized carbons (Fsp3) is 0.444. The summed E-state index contributed by atoms with van der Waals surface area (Å²) in [5.74, 6) is 1.58. The smallest absolute Gasteiger partial charge is 0.227 e. The van der Waals surface area contributed by atoms with E-state index in [0.717, 1.165) is 88.1 Å². The molecule has 184 valence electrons. The molecule has 0 amide bonds. The Morgan fingerprint density at radius 3 is 2.46 bits per heavy atom. The van der Waals surface area contributed by atoms with Crippen LogP contribution in [0.25, 0.3) is 11.3 Å². The van der Waals surface area contributed by atoms with Crippen LogP contribution in [0.15, 0.2) is 54.9 Å². The zero-order chi connectivity index (χ0) is 24.0. The van der Waals surface area contributed by atoms with E-state index < -0.39 is 0 Å². The van der Waals surface area contributed by atoms with Crippen LogP contribution in [-0.2, 0) is 6.54 Å². The molecule has 0 atom stereocenters. The lowest BCUT2D eigenvalue weighted by atomic mass is 10.1. The Hall–Kier alpha value is -3.07. The van der Waals surface area contributed by atoms with Crippen molar-refractivity contribution in [3.8, 4) is 11.3 Å². The lowest BCUT2D eigenvalue weighted by Crippen LogP contribution is -2.47. The highest BCUT2D eigenvalue weighted by atomic mass is 15.3. The summed E-state index contributed by atoms with van der Waals surface area (Å²) in [6.07, 6.45) is 4.81. The third-order valence-corrected chi connectivity index (χ3v) is 6.98. The fourth-order valence-corrected chi connectivity index (χ4v) is 4.77. The third-order valence-electron chi connectivity index (χ3n) is 6.98. The van der Waals surface area contributed by atoms with E-state index in [1.54, 1.807) is 6.20 Å². The van der Waals surface area contributed by atoms with Crippen molar-refractivity contribution >= 4 is 17.5 Å². The Kier molecular flexibility index (Phi) is 7.51. The Bertz CT molecular complexity index is 1090. The van der Waals surface area contributed by atoms with E-state index in [4.69, 9.17) is 9.97 Å². The van der Waals surface area contributed by atoms with E-state index in [1.807, 2.05) is 12.3 Å². The minimum absolute atomic E-state index is 0.594. The molecule has 2 aromatic heterocycles. The number of likely N-dealkylation sites (N-methyl/N-ethyl adjacent to an activating group) is 1. The molecule has 5 aliphatic heterocycles. The normalized spacial score (nSPS) is 22.1. The zero-order valence-electron chi connectivity index (χ0n) is 20.9. The van der Waals surface area contributed by atoms with Gasteiger partial charge in [0.05, 0.1) is 5.69 Å². The second kappa shape index (κ2) is 11.1. The topological polar surface area (TPSA) is 63.7 Å². The van der Waals surface area contributed by atoms with Crippen LogP contribution in [0.3, 0.4) is 0 Å². The van der Waals surface area contributed by atoms with E-state index >= 15 is 0 Å². The van der Waals surface area contributed by atoms with Crippen LogP contribution in [-0.4, -0.2) is 96.1 Å². The van der Waals surface area contributed by atoms with Crippen molar-refractivity contribution in [1.29, 1.82) is 0 Å². The zero-order valence-corrected chi connectivity index (χ0v) is 20.9. The van der Waals surface area contributed by atoms with E-state index in [-0.39, 0.29) is 0 Å². The van der Waals surface area contributed by atoms with Crippen LogP contribution in [0, 0.1) is 0 Å². The molecule has 3 aromatic rings. The van der Waals surface area contributed by atoms with Gasteiger partial charge >= 0.3 is 0 Å². The third kappa shape index (κ3) is 6.33. The van der Waals surface area contributed by atoms with E-state index in [9.17, 15) is 0 Å². The molecule has 1 saturated heterocycles. The van der Waals surface area contributed by atoms with Crippen molar-refractivity contribution in [2.45, 2.75) is 13.0 Å². The molecule has 1 aromatic carbocycles. The highest BCUT2D eigenvalue weighted by Gasteiger charge is 2.17. The monoisotopic (exact) mass is 472 g/mol. The Morgan fingerprint density at radius 2 is 1.63 bits per heavy atom. The van der Waals surface area contributed by atoms with Crippen LogP contribution in [0.1, 0.15) is 12.0 Å². The molecule has 8 rings (SSSR count). The van der Waals surface area contributed by atoms with E-state index in [1.165, 1.54) is 5.56 Å². The van der Waals surface area contributed by atoms with Gasteiger partial charge < -0.3 is 15.1 Å². The predicted molar refractivity (Wildman–Crippen MR) is 142 cm³/mol. The summed E-state index contributed by atoms with van der Waals surface area (Å²) in [4.78, 5) is 23.7. The summed E-state index contributed by atoms with van der Waals surface area (Å²) in [6, 6.07) is 14.7. The number of hydrogen-bond acceptors (Lipinski definition) is 8. The maximum Gasteiger partial charge on any atom is 0.227 e. The number of aromatic nitrogens is 3. The summed E-state index contributed by atoms with van der Waals surface area (Å²) < 4.78 is 0. The Labute approximate surface area is 208 Å². The molecule has 7 heterocycles.